The molecule has 6 nitrogen and oxygen atoms in total. The largest absolute Gasteiger partial charge is 0.363 e. The second-order valence-corrected chi connectivity index (χ2v) is 6.12. The van der Waals surface area contributed by atoms with Gasteiger partial charge in [-0.05, 0) is 24.1 Å². The van der Waals surface area contributed by atoms with Crippen molar-refractivity contribution in [2.75, 3.05) is 0 Å². The van der Waals surface area contributed by atoms with Crippen molar-refractivity contribution in [3.63, 3.8) is 0 Å². The third kappa shape index (κ3) is 3.24. The maximum atomic E-state index is 12.1. The number of sulfonamides is 1. The number of aryl methyl sites for hydroxylation is 1. The zero-order chi connectivity index (χ0) is 14.6. The molecular formula is C13H18N4O2S. The Morgan fingerprint density at radius 3 is 2.90 bits per heavy atom. The summed E-state index contributed by atoms with van der Waals surface area (Å²) in [5.74, 6) is 0. The number of aromatic nitrogens is 2. The van der Waals surface area contributed by atoms with Crippen molar-refractivity contribution in [1.29, 1.82) is 0 Å². The summed E-state index contributed by atoms with van der Waals surface area (Å²) < 4.78 is 26.8. The van der Waals surface area contributed by atoms with E-state index in [1.54, 1.807) is 6.20 Å². The highest BCUT2D eigenvalue weighted by atomic mass is 32.2. The van der Waals surface area contributed by atoms with Crippen LogP contribution in [0.15, 0.2) is 35.5 Å². The molecule has 0 aliphatic carbocycles. The Balaban J connectivity index is 2.13. The Bertz CT molecular complexity index is 679. The summed E-state index contributed by atoms with van der Waals surface area (Å²) in [4.78, 5) is 7.22. The van der Waals surface area contributed by atoms with Gasteiger partial charge in [0.05, 0.1) is 17.1 Å². The van der Waals surface area contributed by atoms with E-state index in [9.17, 15) is 8.42 Å². The molecule has 0 aliphatic heterocycles. The first-order valence-corrected chi connectivity index (χ1v) is 7.85. The van der Waals surface area contributed by atoms with Crippen LogP contribution in [0.3, 0.4) is 0 Å². The van der Waals surface area contributed by atoms with Gasteiger partial charge < -0.3 is 10.7 Å². The van der Waals surface area contributed by atoms with Crippen molar-refractivity contribution in [2.24, 2.45) is 5.73 Å². The van der Waals surface area contributed by atoms with Crippen molar-refractivity contribution >= 4 is 10.0 Å². The average molecular weight is 294 g/mol. The van der Waals surface area contributed by atoms with E-state index in [0.717, 1.165) is 17.7 Å². The first-order chi connectivity index (χ1) is 9.56. The minimum atomic E-state index is -3.55. The molecule has 0 aliphatic rings. The molecule has 0 bridgehead atoms. The van der Waals surface area contributed by atoms with E-state index in [-0.39, 0.29) is 18.0 Å². The summed E-state index contributed by atoms with van der Waals surface area (Å²) in [5.41, 5.74) is 7.91. The van der Waals surface area contributed by atoms with Gasteiger partial charge in [-0.3, -0.25) is 4.98 Å². The predicted octanol–water partition coefficient (Wildman–Crippen LogP) is 0.909. The van der Waals surface area contributed by atoms with Gasteiger partial charge in [0.25, 0.3) is 0 Å². The molecule has 108 valence electrons. The molecule has 7 heteroatoms. The molecule has 20 heavy (non-hydrogen) atoms. The fourth-order valence-corrected chi connectivity index (χ4v) is 2.90. The van der Waals surface area contributed by atoms with Crippen molar-refractivity contribution in [2.45, 2.75) is 31.3 Å². The number of H-pyrrole nitrogens is 1. The maximum Gasteiger partial charge on any atom is 0.242 e. The molecule has 2 aromatic rings. The second-order valence-electron chi connectivity index (χ2n) is 4.35. The molecule has 0 saturated carbocycles. The Morgan fingerprint density at radius 1 is 1.45 bits per heavy atom. The maximum absolute atomic E-state index is 12.1. The number of pyridine rings is 1. The van der Waals surface area contributed by atoms with Crippen molar-refractivity contribution in [3.8, 4) is 0 Å². The van der Waals surface area contributed by atoms with Crippen LogP contribution in [-0.2, 0) is 29.5 Å². The molecule has 0 saturated heterocycles. The highest BCUT2D eigenvalue weighted by Gasteiger charge is 2.16. The molecule has 4 N–H and O–H groups in total. The van der Waals surface area contributed by atoms with Gasteiger partial charge in [0.1, 0.15) is 0 Å². The quantitative estimate of drug-likeness (QED) is 0.737. The number of rotatable bonds is 6. The molecule has 2 rings (SSSR count). The first kappa shape index (κ1) is 14.7. The van der Waals surface area contributed by atoms with Crippen LogP contribution in [0, 0.1) is 0 Å². The Labute approximate surface area is 118 Å². The van der Waals surface area contributed by atoms with Gasteiger partial charge in [0, 0.05) is 24.6 Å². The summed E-state index contributed by atoms with van der Waals surface area (Å²) in [6.45, 7) is 2.46. The summed E-state index contributed by atoms with van der Waals surface area (Å²) in [5, 5.41) is 0. The predicted molar refractivity (Wildman–Crippen MR) is 76.3 cm³/mol. The van der Waals surface area contributed by atoms with Gasteiger partial charge in [-0.25, -0.2) is 13.1 Å². The Kier molecular flexibility index (Phi) is 4.53. The molecule has 0 radical (unpaired) electrons. The SMILES string of the molecule is CCc1cccnc1CNS(=O)(=O)c1c[nH]c(CN)c1. The zero-order valence-electron chi connectivity index (χ0n) is 11.3. The summed E-state index contributed by atoms with van der Waals surface area (Å²) in [7, 11) is -3.55. The third-order valence-electron chi connectivity index (χ3n) is 3.04. The Morgan fingerprint density at radius 2 is 2.25 bits per heavy atom. The second kappa shape index (κ2) is 6.17. The molecule has 0 amide bonds. The number of nitrogens with one attached hydrogen (secondary N) is 2. The molecule has 2 aromatic heterocycles. The lowest BCUT2D eigenvalue weighted by atomic mass is 10.1. The lowest BCUT2D eigenvalue weighted by Crippen LogP contribution is -2.24. The number of nitrogens with zero attached hydrogens (tertiary/aromatic N) is 1. The summed E-state index contributed by atoms with van der Waals surface area (Å²) in [6.07, 6.45) is 3.90. The van der Waals surface area contributed by atoms with Crippen LogP contribution in [0.1, 0.15) is 23.9 Å². The summed E-state index contributed by atoms with van der Waals surface area (Å²) >= 11 is 0. The lowest BCUT2D eigenvalue weighted by molar-refractivity contribution is 0.580. The van der Waals surface area contributed by atoms with Gasteiger partial charge in [-0.2, -0.15) is 0 Å². The third-order valence-corrected chi connectivity index (χ3v) is 4.42. The molecule has 0 fully saturated rings. The highest BCUT2D eigenvalue weighted by molar-refractivity contribution is 7.89. The van der Waals surface area contributed by atoms with Crippen molar-refractivity contribution < 1.29 is 8.42 Å². The van der Waals surface area contributed by atoms with Crippen LogP contribution >= 0.6 is 0 Å². The zero-order valence-corrected chi connectivity index (χ0v) is 12.1. The summed E-state index contributed by atoms with van der Waals surface area (Å²) in [6, 6.07) is 5.32. The number of aromatic amines is 1. The molecular weight excluding hydrogens is 276 g/mol. The minimum absolute atomic E-state index is 0.176. The fraction of sp³-hybridized carbons (Fsp3) is 0.308. The van der Waals surface area contributed by atoms with Gasteiger partial charge in [-0.1, -0.05) is 13.0 Å². The van der Waals surface area contributed by atoms with Gasteiger partial charge in [0.15, 0.2) is 0 Å². The smallest absolute Gasteiger partial charge is 0.242 e. The van der Waals surface area contributed by atoms with Crippen LogP contribution in [-0.4, -0.2) is 18.4 Å². The minimum Gasteiger partial charge on any atom is -0.363 e. The number of hydrogen-bond donors (Lipinski definition) is 3. The molecule has 0 unspecified atom stereocenters. The van der Waals surface area contributed by atoms with Gasteiger partial charge in [-0.15, -0.1) is 0 Å². The van der Waals surface area contributed by atoms with Crippen LogP contribution in [0.2, 0.25) is 0 Å². The average Bonchev–Trinajstić information content (AvgIpc) is 2.95. The topological polar surface area (TPSA) is 101 Å². The van der Waals surface area contributed by atoms with Gasteiger partial charge in [0.2, 0.25) is 10.0 Å². The van der Waals surface area contributed by atoms with Crippen molar-refractivity contribution in [3.05, 3.63) is 47.5 Å². The monoisotopic (exact) mass is 294 g/mol. The van der Waals surface area contributed by atoms with Crippen LogP contribution in [0.25, 0.3) is 0 Å². The molecule has 0 atom stereocenters. The first-order valence-electron chi connectivity index (χ1n) is 6.36. The molecule has 0 spiro atoms. The van der Waals surface area contributed by atoms with E-state index in [2.05, 4.69) is 14.7 Å². The van der Waals surface area contributed by atoms with E-state index in [1.165, 1.54) is 12.3 Å². The highest BCUT2D eigenvalue weighted by Crippen LogP contribution is 2.12. The van der Waals surface area contributed by atoms with Crippen molar-refractivity contribution in [1.82, 2.24) is 14.7 Å². The Hall–Kier alpha value is -1.70. The van der Waals surface area contributed by atoms with E-state index in [1.807, 2.05) is 19.1 Å². The van der Waals surface area contributed by atoms with E-state index in [0.29, 0.717) is 5.69 Å². The fourth-order valence-electron chi connectivity index (χ4n) is 1.89. The van der Waals surface area contributed by atoms with E-state index >= 15 is 0 Å². The number of hydrogen-bond acceptors (Lipinski definition) is 4. The van der Waals surface area contributed by atoms with E-state index < -0.39 is 10.0 Å². The van der Waals surface area contributed by atoms with E-state index in [4.69, 9.17) is 5.73 Å². The lowest BCUT2D eigenvalue weighted by Gasteiger charge is -2.08. The van der Waals surface area contributed by atoms with Crippen LogP contribution in [0.5, 0.6) is 0 Å². The normalized spacial score (nSPS) is 11.7. The van der Waals surface area contributed by atoms with Crippen LogP contribution < -0.4 is 10.5 Å². The molecule has 0 aromatic carbocycles. The number of nitrogens with two attached hydrogens (primary N) is 1. The van der Waals surface area contributed by atoms with Gasteiger partial charge >= 0.3 is 0 Å². The van der Waals surface area contributed by atoms with Crippen LogP contribution in [0.4, 0.5) is 0 Å². The standard InChI is InChI=1S/C13H18N4O2S/c1-2-10-4-3-5-15-13(10)9-17-20(18,19)12-6-11(7-14)16-8-12/h3-6,8,16-17H,2,7,9,14H2,1H3. The molecule has 2 heterocycles.